The molecule has 2 rings (SSSR count). The molecule has 1 saturated heterocycles. The van der Waals surface area contributed by atoms with Crippen molar-refractivity contribution in [3.8, 4) is 0 Å². The summed E-state index contributed by atoms with van der Waals surface area (Å²) in [7, 11) is 0. The van der Waals surface area contributed by atoms with Gasteiger partial charge in [0, 0.05) is 31.5 Å². The molecule has 14 heavy (non-hydrogen) atoms. The smallest absolute Gasteiger partial charge is 0.0489 e. The second-order valence-electron chi connectivity index (χ2n) is 3.97. The topological polar surface area (TPSA) is 47.1 Å². The lowest BCUT2D eigenvalue weighted by molar-refractivity contribution is 0.318. The van der Waals surface area contributed by atoms with Crippen LogP contribution in [-0.2, 0) is 6.54 Å². The normalized spacial score (nSPS) is 23.1. The first-order valence-electron chi connectivity index (χ1n) is 5.30. The zero-order chi connectivity index (χ0) is 9.80. The lowest BCUT2D eigenvalue weighted by Crippen LogP contribution is -2.27. The summed E-state index contributed by atoms with van der Waals surface area (Å²) >= 11 is 0. The maximum Gasteiger partial charge on any atom is 0.0489 e. The Bertz CT molecular complexity index is 257. The Hall–Kier alpha value is -0.870. The quantitative estimate of drug-likeness (QED) is 0.750. The SMILES string of the molecule is NC1CCN(CCCn2cccn2)C1. The van der Waals surface area contributed by atoms with Gasteiger partial charge in [0.05, 0.1) is 0 Å². The van der Waals surface area contributed by atoms with Crippen molar-refractivity contribution in [2.45, 2.75) is 25.4 Å². The molecule has 78 valence electrons. The molecular formula is C10H18N4. The van der Waals surface area contributed by atoms with E-state index in [9.17, 15) is 0 Å². The van der Waals surface area contributed by atoms with Crippen molar-refractivity contribution < 1.29 is 0 Å². The van der Waals surface area contributed by atoms with Crippen LogP contribution in [0, 0.1) is 0 Å². The number of aromatic nitrogens is 2. The highest BCUT2D eigenvalue weighted by atomic mass is 15.3. The van der Waals surface area contributed by atoms with Crippen LogP contribution in [0.2, 0.25) is 0 Å². The van der Waals surface area contributed by atoms with Crippen LogP contribution in [0.5, 0.6) is 0 Å². The standard InChI is InChI=1S/C10H18N4/c11-10-3-8-13(9-10)5-2-7-14-6-1-4-12-14/h1,4,6,10H,2-3,5,7-9,11H2. The molecule has 0 aromatic carbocycles. The summed E-state index contributed by atoms with van der Waals surface area (Å²) in [4.78, 5) is 2.44. The Labute approximate surface area is 84.7 Å². The second kappa shape index (κ2) is 4.57. The molecule has 1 aliphatic rings. The third-order valence-corrected chi connectivity index (χ3v) is 2.73. The van der Waals surface area contributed by atoms with Gasteiger partial charge in [0.1, 0.15) is 0 Å². The highest BCUT2D eigenvalue weighted by Crippen LogP contribution is 2.07. The Balaban J connectivity index is 1.64. The van der Waals surface area contributed by atoms with Crippen molar-refractivity contribution in [1.29, 1.82) is 0 Å². The zero-order valence-electron chi connectivity index (χ0n) is 8.47. The first kappa shape index (κ1) is 9.68. The number of likely N-dealkylation sites (tertiary alicyclic amines) is 1. The highest BCUT2D eigenvalue weighted by Gasteiger charge is 2.17. The number of nitrogens with two attached hydrogens (primary N) is 1. The maximum atomic E-state index is 5.83. The van der Waals surface area contributed by atoms with E-state index >= 15 is 0 Å². The molecule has 1 atom stereocenters. The summed E-state index contributed by atoms with van der Waals surface area (Å²) in [6.45, 7) is 4.39. The number of rotatable bonds is 4. The van der Waals surface area contributed by atoms with Gasteiger partial charge in [-0.15, -0.1) is 0 Å². The molecule has 0 amide bonds. The predicted molar refractivity (Wildman–Crippen MR) is 55.9 cm³/mol. The van der Waals surface area contributed by atoms with Crippen LogP contribution in [0.25, 0.3) is 0 Å². The number of hydrogen-bond acceptors (Lipinski definition) is 3. The first-order chi connectivity index (χ1) is 6.84. The van der Waals surface area contributed by atoms with Crippen LogP contribution in [0.3, 0.4) is 0 Å². The van der Waals surface area contributed by atoms with Gasteiger partial charge < -0.3 is 10.6 Å². The fourth-order valence-corrected chi connectivity index (χ4v) is 1.95. The molecule has 0 spiro atoms. The van der Waals surface area contributed by atoms with Gasteiger partial charge in [0.15, 0.2) is 0 Å². The van der Waals surface area contributed by atoms with Crippen LogP contribution in [-0.4, -0.2) is 40.4 Å². The van der Waals surface area contributed by atoms with Crippen molar-refractivity contribution in [1.82, 2.24) is 14.7 Å². The Morgan fingerprint density at radius 2 is 2.36 bits per heavy atom. The van der Waals surface area contributed by atoms with E-state index in [2.05, 4.69) is 10.00 Å². The molecule has 0 bridgehead atoms. The largest absolute Gasteiger partial charge is 0.326 e. The van der Waals surface area contributed by atoms with Crippen molar-refractivity contribution >= 4 is 0 Å². The molecule has 1 unspecified atom stereocenters. The fraction of sp³-hybridized carbons (Fsp3) is 0.700. The molecule has 0 radical (unpaired) electrons. The van der Waals surface area contributed by atoms with Gasteiger partial charge in [-0.1, -0.05) is 0 Å². The molecule has 2 N–H and O–H groups in total. The summed E-state index contributed by atoms with van der Waals surface area (Å²) in [6, 6.07) is 2.37. The van der Waals surface area contributed by atoms with Gasteiger partial charge >= 0.3 is 0 Å². The van der Waals surface area contributed by atoms with E-state index in [0.29, 0.717) is 6.04 Å². The number of nitrogens with zero attached hydrogens (tertiary/aromatic N) is 3. The van der Waals surface area contributed by atoms with Crippen LogP contribution >= 0.6 is 0 Å². The second-order valence-corrected chi connectivity index (χ2v) is 3.97. The summed E-state index contributed by atoms with van der Waals surface area (Å²) in [5, 5.41) is 4.17. The van der Waals surface area contributed by atoms with E-state index in [-0.39, 0.29) is 0 Å². The molecule has 4 heteroatoms. The van der Waals surface area contributed by atoms with E-state index in [4.69, 9.17) is 5.73 Å². The third kappa shape index (κ3) is 2.56. The van der Waals surface area contributed by atoms with Crippen LogP contribution in [0.15, 0.2) is 18.5 Å². The van der Waals surface area contributed by atoms with Gasteiger partial charge in [0.25, 0.3) is 0 Å². The molecule has 1 aromatic rings. The van der Waals surface area contributed by atoms with E-state index < -0.39 is 0 Å². The molecule has 1 fully saturated rings. The molecule has 2 heterocycles. The fourth-order valence-electron chi connectivity index (χ4n) is 1.95. The number of aryl methyl sites for hydroxylation is 1. The molecule has 0 saturated carbocycles. The zero-order valence-corrected chi connectivity index (χ0v) is 8.47. The molecule has 1 aromatic heterocycles. The third-order valence-electron chi connectivity index (χ3n) is 2.73. The van der Waals surface area contributed by atoms with Crippen LogP contribution < -0.4 is 5.73 Å². The van der Waals surface area contributed by atoms with Gasteiger partial charge in [-0.25, -0.2) is 0 Å². The minimum absolute atomic E-state index is 0.403. The Morgan fingerprint density at radius 1 is 1.43 bits per heavy atom. The Morgan fingerprint density at radius 3 is 3.00 bits per heavy atom. The van der Waals surface area contributed by atoms with Crippen LogP contribution in [0.1, 0.15) is 12.8 Å². The average Bonchev–Trinajstić information content (AvgIpc) is 2.77. The average molecular weight is 194 g/mol. The van der Waals surface area contributed by atoms with Gasteiger partial charge in [-0.05, 0) is 32.0 Å². The summed E-state index contributed by atoms with van der Waals surface area (Å²) < 4.78 is 1.98. The van der Waals surface area contributed by atoms with Gasteiger partial charge in [0.2, 0.25) is 0 Å². The predicted octanol–water partition coefficient (Wildman–Crippen LogP) is 0.306. The molecule has 0 aliphatic carbocycles. The van der Waals surface area contributed by atoms with Crippen molar-refractivity contribution in [3.63, 3.8) is 0 Å². The van der Waals surface area contributed by atoms with Gasteiger partial charge in [-0.2, -0.15) is 5.10 Å². The van der Waals surface area contributed by atoms with Crippen molar-refractivity contribution in [3.05, 3.63) is 18.5 Å². The first-order valence-corrected chi connectivity index (χ1v) is 5.30. The lowest BCUT2D eigenvalue weighted by atomic mass is 10.3. The van der Waals surface area contributed by atoms with Crippen molar-refractivity contribution in [2.75, 3.05) is 19.6 Å². The van der Waals surface area contributed by atoms with E-state index in [0.717, 1.165) is 32.5 Å². The van der Waals surface area contributed by atoms with E-state index in [1.54, 1.807) is 0 Å². The van der Waals surface area contributed by atoms with E-state index in [1.807, 2.05) is 23.1 Å². The molecule has 4 nitrogen and oxygen atoms in total. The minimum atomic E-state index is 0.403. The summed E-state index contributed by atoms with van der Waals surface area (Å²) in [6.07, 6.45) is 6.15. The van der Waals surface area contributed by atoms with E-state index in [1.165, 1.54) is 6.54 Å². The van der Waals surface area contributed by atoms with Gasteiger partial charge in [-0.3, -0.25) is 4.68 Å². The summed E-state index contributed by atoms with van der Waals surface area (Å²) in [5.74, 6) is 0. The highest BCUT2D eigenvalue weighted by molar-refractivity contribution is 4.79. The van der Waals surface area contributed by atoms with Crippen molar-refractivity contribution in [2.24, 2.45) is 5.73 Å². The van der Waals surface area contributed by atoms with Crippen LogP contribution in [0.4, 0.5) is 0 Å². The Kier molecular flexibility index (Phi) is 3.16. The minimum Gasteiger partial charge on any atom is -0.326 e. The number of hydrogen-bond donors (Lipinski definition) is 1. The molecule has 1 aliphatic heterocycles. The summed E-state index contributed by atoms with van der Waals surface area (Å²) in [5.41, 5.74) is 5.83. The maximum absolute atomic E-state index is 5.83. The monoisotopic (exact) mass is 194 g/mol. The molecular weight excluding hydrogens is 176 g/mol. The lowest BCUT2D eigenvalue weighted by Gasteiger charge is -2.14.